The molecule has 2 aromatic rings. The zero-order valence-corrected chi connectivity index (χ0v) is 10.8. The molecule has 0 radical (unpaired) electrons. The van der Waals surface area contributed by atoms with Crippen LogP contribution in [-0.2, 0) is 11.3 Å². The van der Waals surface area contributed by atoms with Crippen molar-refractivity contribution in [2.75, 3.05) is 0 Å². The minimum atomic E-state index is -0.523. The molecule has 5 heteroatoms. The molecule has 18 heavy (non-hydrogen) atoms. The van der Waals surface area contributed by atoms with Gasteiger partial charge in [-0.1, -0.05) is 12.1 Å². The lowest BCUT2D eigenvalue weighted by molar-refractivity contribution is 0.0434. The first-order valence-corrected chi connectivity index (χ1v) is 5.90. The van der Waals surface area contributed by atoms with Crippen molar-refractivity contribution in [2.24, 2.45) is 0 Å². The molecule has 4 nitrogen and oxygen atoms in total. The summed E-state index contributed by atoms with van der Waals surface area (Å²) in [6, 6.07) is 12.0. The minimum absolute atomic E-state index is 0.142. The van der Waals surface area contributed by atoms with E-state index >= 15 is 0 Å². The van der Waals surface area contributed by atoms with Gasteiger partial charge in [-0.3, -0.25) is 0 Å². The summed E-state index contributed by atoms with van der Waals surface area (Å²) in [4.78, 5) is 11.6. The number of carbonyl (C=O) groups excluding carboxylic acids is 1. The highest BCUT2D eigenvalue weighted by Crippen LogP contribution is 2.15. The predicted octanol–water partition coefficient (Wildman–Crippen LogP) is 3.27. The van der Waals surface area contributed by atoms with Crippen LogP contribution in [0.25, 0.3) is 0 Å². The van der Waals surface area contributed by atoms with Gasteiger partial charge in [-0.05, 0) is 45.8 Å². The monoisotopic (exact) mass is 305 g/mol. The van der Waals surface area contributed by atoms with Crippen LogP contribution >= 0.6 is 15.9 Å². The molecule has 0 unspecified atom stereocenters. The summed E-state index contributed by atoms with van der Waals surface area (Å²) in [7, 11) is 0. The lowest BCUT2D eigenvalue weighted by Gasteiger charge is -2.02. The van der Waals surface area contributed by atoms with Crippen LogP contribution in [0.4, 0.5) is 0 Å². The van der Waals surface area contributed by atoms with Gasteiger partial charge in [0.25, 0.3) is 0 Å². The minimum Gasteiger partial charge on any atom is -0.455 e. The van der Waals surface area contributed by atoms with Gasteiger partial charge in [0.05, 0.1) is 11.6 Å². The van der Waals surface area contributed by atoms with Crippen molar-refractivity contribution in [1.29, 1.82) is 5.26 Å². The Bertz CT molecular complexity index is 595. The number of esters is 1. The Morgan fingerprint density at radius 1 is 1.28 bits per heavy atom. The third-order valence-corrected chi connectivity index (χ3v) is 2.65. The Kier molecular flexibility index (Phi) is 3.80. The van der Waals surface area contributed by atoms with Crippen molar-refractivity contribution in [2.45, 2.75) is 6.61 Å². The number of halogens is 1. The van der Waals surface area contributed by atoms with E-state index < -0.39 is 5.97 Å². The zero-order valence-electron chi connectivity index (χ0n) is 9.22. The first-order valence-electron chi connectivity index (χ1n) is 5.10. The Hall–Kier alpha value is -2.06. The summed E-state index contributed by atoms with van der Waals surface area (Å²) in [5.41, 5.74) is 1.38. The summed E-state index contributed by atoms with van der Waals surface area (Å²) in [6.07, 6.45) is 0. The smallest absolute Gasteiger partial charge is 0.374 e. The number of rotatable bonds is 3. The fourth-order valence-corrected chi connectivity index (χ4v) is 1.63. The molecule has 0 N–H and O–H groups in total. The topological polar surface area (TPSA) is 63.2 Å². The van der Waals surface area contributed by atoms with E-state index in [0.717, 1.165) is 5.56 Å². The Morgan fingerprint density at radius 3 is 2.56 bits per heavy atom. The third-order valence-electron chi connectivity index (χ3n) is 2.23. The molecule has 0 amide bonds. The summed E-state index contributed by atoms with van der Waals surface area (Å²) in [5.74, 6) is -0.374. The third kappa shape index (κ3) is 2.99. The van der Waals surface area contributed by atoms with Gasteiger partial charge in [-0.2, -0.15) is 5.26 Å². The predicted molar refractivity (Wildman–Crippen MR) is 66.7 cm³/mol. The molecular weight excluding hydrogens is 298 g/mol. The van der Waals surface area contributed by atoms with Crippen molar-refractivity contribution < 1.29 is 13.9 Å². The number of furan rings is 1. The van der Waals surface area contributed by atoms with Gasteiger partial charge in [0.1, 0.15) is 6.61 Å². The van der Waals surface area contributed by atoms with Gasteiger partial charge in [0.2, 0.25) is 5.76 Å². The van der Waals surface area contributed by atoms with Gasteiger partial charge in [0.15, 0.2) is 4.67 Å². The molecule has 1 aromatic heterocycles. The number of nitrogens with zero attached hydrogens (tertiary/aromatic N) is 1. The van der Waals surface area contributed by atoms with Crippen LogP contribution in [0.3, 0.4) is 0 Å². The Labute approximate surface area is 112 Å². The highest BCUT2D eigenvalue weighted by molar-refractivity contribution is 9.10. The first kappa shape index (κ1) is 12.4. The van der Waals surface area contributed by atoms with Gasteiger partial charge >= 0.3 is 5.97 Å². The van der Waals surface area contributed by atoms with Crippen molar-refractivity contribution in [1.82, 2.24) is 0 Å². The van der Waals surface area contributed by atoms with Crippen molar-refractivity contribution in [3.8, 4) is 6.07 Å². The van der Waals surface area contributed by atoms with Crippen LogP contribution in [-0.4, -0.2) is 5.97 Å². The number of ether oxygens (including phenoxy) is 1. The average molecular weight is 306 g/mol. The SMILES string of the molecule is N#Cc1ccc(COC(=O)c2ccc(Br)o2)cc1. The van der Waals surface area contributed by atoms with Crippen molar-refractivity contribution >= 4 is 21.9 Å². The highest BCUT2D eigenvalue weighted by Gasteiger charge is 2.11. The lowest BCUT2D eigenvalue weighted by Crippen LogP contribution is -2.03. The number of nitriles is 1. The maximum atomic E-state index is 11.6. The normalized spacial score (nSPS) is 9.78. The standard InChI is InChI=1S/C13H8BrNO3/c14-12-6-5-11(18-12)13(16)17-8-10-3-1-9(7-15)2-4-10/h1-6H,8H2. The Morgan fingerprint density at radius 2 is 2.00 bits per heavy atom. The second-order valence-corrected chi connectivity index (χ2v) is 4.27. The van der Waals surface area contributed by atoms with E-state index in [4.69, 9.17) is 14.4 Å². The molecule has 0 fully saturated rings. The molecule has 0 aliphatic rings. The van der Waals surface area contributed by atoms with Crippen LogP contribution in [0.1, 0.15) is 21.7 Å². The summed E-state index contributed by atoms with van der Waals surface area (Å²) >= 11 is 3.11. The number of hydrogen-bond acceptors (Lipinski definition) is 4. The van der Waals surface area contributed by atoms with Crippen LogP contribution in [0, 0.1) is 11.3 Å². The quantitative estimate of drug-likeness (QED) is 0.816. The molecule has 1 heterocycles. The number of benzene rings is 1. The molecule has 0 bridgehead atoms. The van der Waals surface area contributed by atoms with E-state index in [1.807, 2.05) is 6.07 Å². The molecule has 2 rings (SSSR count). The van der Waals surface area contributed by atoms with Crippen LogP contribution in [0.5, 0.6) is 0 Å². The zero-order chi connectivity index (χ0) is 13.0. The maximum Gasteiger partial charge on any atom is 0.374 e. The largest absolute Gasteiger partial charge is 0.455 e. The second kappa shape index (κ2) is 5.52. The second-order valence-electron chi connectivity index (χ2n) is 3.49. The molecule has 0 aliphatic carbocycles. The van der Waals surface area contributed by atoms with Gasteiger partial charge in [-0.25, -0.2) is 4.79 Å². The van der Waals surface area contributed by atoms with Crippen LogP contribution in [0.2, 0.25) is 0 Å². The molecule has 0 spiro atoms. The fraction of sp³-hybridized carbons (Fsp3) is 0.0769. The average Bonchev–Trinajstić information content (AvgIpc) is 2.83. The van der Waals surface area contributed by atoms with Gasteiger partial charge < -0.3 is 9.15 Å². The molecule has 0 saturated carbocycles. The van der Waals surface area contributed by atoms with E-state index in [-0.39, 0.29) is 12.4 Å². The van der Waals surface area contributed by atoms with E-state index in [1.54, 1.807) is 30.3 Å². The molecule has 90 valence electrons. The number of hydrogen-bond donors (Lipinski definition) is 0. The van der Waals surface area contributed by atoms with Gasteiger partial charge in [0, 0.05) is 0 Å². The first-order chi connectivity index (χ1) is 8.69. The summed E-state index contributed by atoms with van der Waals surface area (Å²) in [6.45, 7) is 0.142. The Balaban J connectivity index is 1.95. The lowest BCUT2D eigenvalue weighted by atomic mass is 10.2. The molecule has 0 atom stereocenters. The highest BCUT2D eigenvalue weighted by atomic mass is 79.9. The van der Waals surface area contributed by atoms with E-state index in [0.29, 0.717) is 10.2 Å². The molecule has 1 aromatic carbocycles. The molecule has 0 saturated heterocycles. The molecular formula is C13H8BrNO3. The van der Waals surface area contributed by atoms with Crippen LogP contribution < -0.4 is 0 Å². The van der Waals surface area contributed by atoms with E-state index in [2.05, 4.69) is 15.9 Å². The molecule has 0 aliphatic heterocycles. The fourth-order valence-electron chi connectivity index (χ4n) is 1.32. The van der Waals surface area contributed by atoms with Crippen molar-refractivity contribution in [3.05, 3.63) is 58.0 Å². The van der Waals surface area contributed by atoms with Gasteiger partial charge in [-0.15, -0.1) is 0 Å². The summed E-state index contributed by atoms with van der Waals surface area (Å²) < 4.78 is 10.6. The number of carbonyl (C=O) groups is 1. The van der Waals surface area contributed by atoms with Crippen molar-refractivity contribution in [3.63, 3.8) is 0 Å². The van der Waals surface area contributed by atoms with E-state index in [1.165, 1.54) is 6.07 Å². The maximum absolute atomic E-state index is 11.6. The summed E-state index contributed by atoms with van der Waals surface area (Å²) in [5, 5.41) is 8.65. The van der Waals surface area contributed by atoms with E-state index in [9.17, 15) is 4.79 Å². The van der Waals surface area contributed by atoms with Crippen LogP contribution in [0.15, 0.2) is 45.5 Å².